The van der Waals surface area contributed by atoms with Gasteiger partial charge in [0.2, 0.25) is 11.8 Å². The highest BCUT2D eigenvalue weighted by molar-refractivity contribution is 6.44. The molecule has 0 spiro atoms. The third-order valence-corrected chi connectivity index (χ3v) is 6.23. The van der Waals surface area contributed by atoms with Gasteiger partial charge in [0.1, 0.15) is 0 Å². The molecule has 0 aromatic heterocycles. The van der Waals surface area contributed by atoms with Crippen LogP contribution in [-0.2, 0) is 9.59 Å². The number of anilines is 2. The molecule has 29 heavy (non-hydrogen) atoms. The van der Waals surface area contributed by atoms with Crippen molar-refractivity contribution >= 4 is 52.3 Å². The normalized spacial score (nSPS) is 21.1. The van der Waals surface area contributed by atoms with Crippen molar-refractivity contribution in [2.45, 2.75) is 19.8 Å². The van der Waals surface area contributed by atoms with Gasteiger partial charge in [-0.15, -0.1) is 0 Å². The van der Waals surface area contributed by atoms with E-state index in [1.54, 1.807) is 42.5 Å². The van der Waals surface area contributed by atoms with E-state index >= 15 is 0 Å². The van der Waals surface area contributed by atoms with Crippen LogP contribution < -0.4 is 10.2 Å². The summed E-state index contributed by atoms with van der Waals surface area (Å²) in [5, 5.41) is 3.32. The van der Waals surface area contributed by atoms with E-state index in [1.807, 2.05) is 13.0 Å². The number of allylic oxidation sites excluding steroid dienone is 2. The largest absolute Gasteiger partial charge is 0.321 e. The van der Waals surface area contributed by atoms with Crippen LogP contribution in [0.15, 0.2) is 54.1 Å². The molecule has 2 atom stereocenters. The van der Waals surface area contributed by atoms with Gasteiger partial charge in [0.25, 0.3) is 5.91 Å². The zero-order valence-corrected chi connectivity index (χ0v) is 17.1. The average molecular weight is 429 g/mol. The molecular weight excluding hydrogens is 411 g/mol. The highest BCUT2D eigenvalue weighted by atomic mass is 35.5. The highest BCUT2D eigenvalue weighted by Gasteiger charge is 2.48. The van der Waals surface area contributed by atoms with Gasteiger partial charge in [-0.3, -0.25) is 19.3 Å². The minimum Gasteiger partial charge on any atom is -0.321 e. The fraction of sp³-hybridized carbons (Fsp3) is 0.227. The first-order valence-electron chi connectivity index (χ1n) is 9.25. The summed E-state index contributed by atoms with van der Waals surface area (Å²) in [6, 6.07) is 11.4. The van der Waals surface area contributed by atoms with Gasteiger partial charge in [-0.05, 0) is 56.2 Å². The molecule has 1 N–H and O–H groups in total. The van der Waals surface area contributed by atoms with E-state index in [9.17, 15) is 14.4 Å². The Labute approximate surface area is 178 Å². The van der Waals surface area contributed by atoms with Crippen molar-refractivity contribution in [3.8, 4) is 0 Å². The van der Waals surface area contributed by atoms with Crippen molar-refractivity contribution in [2.75, 3.05) is 10.2 Å². The Kier molecular flexibility index (Phi) is 5.19. The number of fused-ring (bicyclic) bond motifs is 1. The molecule has 0 unspecified atom stereocenters. The summed E-state index contributed by atoms with van der Waals surface area (Å²) in [7, 11) is 0. The van der Waals surface area contributed by atoms with Crippen molar-refractivity contribution in [2.24, 2.45) is 11.8 Å². The van der Waals surface area contributed by atoms with Crippen LogP contribution in [-0.4, -0.2) is 17.7 Å². The standard InChI is InChI=1S/C22H18Cl2N2O3/c1-12-5-10-15-16(11-12)22(29)26(21(15)28)14-8-6-13(7-9-14)20(27)25-18-4-2-3-17(23)19(18)24/h2-9,15-16H,10-11H2,1H3,(H,25,27)/t15-,16-/m0/s1. The molecule has 2 aliphatic rings. The molecule has 1 aliphatic heterocycles. The third kappa shape index (κ3) is 3.56. The van der Waals surface area contributed by atoms with Crippen LogP contribution in [0.1, 0.15) is 30.1 Å². The maximum Gasteiger partial charge on any atom is 0.255 e. The van der Waals surface area contributed by atoms with Gasteiger partial charge in [-0.25, -0.2) is 0 Å². The lowest BCUT2D eigenvalue weighted by atomic mass is 9.82. The molecule has 1 saturated heterocycles. The van der Waals surface area contributed by atoms with E-state index in [2.05, 4.69) is 5.32 Å². The highest BCUT2D eigenvalue weighted by Crippen LogP contribution is 2.39. The monoisotopic (exact) mass is 428 g/mol. The summed E-state index contributed by atoms with van der Waals surface area (Å²) in [5.41, 5.74) is 2.40. The quantitative estimate of drug-likeness (QED) is 0.546. The average Bonchev–Trinajstić information content (AvgIpc) is 2.95. The lowest BCUT2D eigenvalue weighted by molar-refractivity contribution is -0.122. The second kappa shape index (κ2) is 7.65. The van der Waals surface area contributed by atoms with Crippen molar-refractivity contribution in [3.63, 3.8) is 0 Å². The molecule has 2 aromatic carbocycles. The zero-order valence-electron chi connectivity index (χ0n) is 15.6. The molecule has 3 amide bonds. The number of carbonyl (C=O) groups excluding carboxylic acids is 3. The third-order valence-electron chi connectivity index (χ3n) is 5.41. The van der Waals surface area contributed by atoms with Crippen LogP contribution in [0.4, 0.5) is 11.4 Å². The molecule has 0 bridgehead atoms. The van der Waals surface area contributed by atoms with E-state index in [0.717, 1.165) is 5.57 Å². The van der Waals surface area contributed by atoms with Crippen LogP contribution in [0.5, 0.6) is 0 Å². The van der Waals surface area contributed by atoms with Gasteiger partial charge in [-0.2, -0.15) is 0 Å². The van der Waals surface area contributed by atoms with E-state index < -0.39 is 0 Å². The SMILES string of the molecule is CC1=CC[C@@H]2C(=O)N(c3ccc(C(=O)Nc4cccc(Cl)c4Cl)cc3)C(=O)[C@H]2C1. The van der Waals surface area contributed by atoms with E-state index in [0.29, 0.717) is 34.8 Å². The van der Waals surface area contributed by atoms with Crippen LogP contribution in [0, 0.1) is 11.8 Å². The molecular formula is C22H18Cl2N2O3. The van der Waals surface area contributed by atoms with Gasteiger partial charge < -0.3 is 5.32 Å². The molecule has 4 rings (SSSR count). The molecule has 1 fully saturated rings. The van der Waals surface area contributed by atoms with Gasteiger partial charge in [0, 0.05) is 5.56 Å². The predicted molar refractivity (Wildman–Crippen MR) is 113 cm³/mol. The zero-order chi connectivity index (χ0) is 20.7. The Balaban J connectivity index is 1.52. The summed E-state index contributed by atoms with van der Waals surface area (Å²) in [6.45, 7) is 1.98. The summed E-state index contributed by atoms with van der Waals surface area (Å²) in [6.07, 6.45) is 3.25. The maximum atomic E-state index is 12.8. The van der Waals surface area contributed by atoms with Crippen molar-refractivity contribution < 1.29 is 14.4 Å². The van der Waals surface area contributed by atoms with Crippen LogP contribution >= 0.6 is 23.2 Å². The Morgan fingerprint density at radius 3 is 2.45 bits per heavy atom. The number of halogens is 2. The lowest BCUT2D eigenvalue weighted by Gasteiger charge is -2.18. The van der Waals surface area contributed by atoms with Gasteiger partial charge >= 0.3 is 0 Å². The Hall–Kier alpha value is -2.63. The Morgan fingerprint density at radius 2 is 1.72 bits per heavy atom. The van der Waals surface area contributed by atoms with Gasteiger partial charge in [-0.1, -0.05) is 40.9 Å². The number of benzene rings is 2. The van der Waals surface area contributed by atoms with Crippen molar-refractivity contribution in [1.29, 1.82) is 0 Å². The second-order valence-corrected chi connectivity index (χ2v) is 8.10. The molecule has 2 aromatic rings. The molecule has 0 radical (unpaired) electrons. The topological polar surface area (TPSA) is 66.5 Å². The summed E-state index contributed by atoms with van der Waals surface area (Å²) in [5.74, 6) is -1.30. The van der Waals surface area contributed by atoms with Crippen LogP contribution in [0.25, 0.3) is 0 Å². The molecule has 5 nitrogen and oxygen atoms in total. The number of nitrogens with one attached hydrogen (secondary N) is 1. The van der Waals surface area contributed by atoms with Crippen molar-refractivity contribution in [3.05, 3.63) is 69.7 Å². The first-order valence-corrected chi connectivity index (χ1v) is 10.0. The molecule has 1 heterocycles. The maximum absolute atomic E-state index is 12.8. The Morgan fingerprint density at radius 1 is 1.03 bits per heavy atom. The predicted octanol–water partition coefficient (Wildman–Crippen LogP) is 5.09. The van der Waals surface area contributed by atoms with Crippen LogP contribution in [0.2, 0.25) is 10.0 Å². The molecule has 7 heteroatoms. The number of imide groups is 1. The minimum atomic E-state index is -0.367. The Bertz CT molecular complexity index is 1050. The molecule has 0 saturated carbocycles. The smallest absolute Gasteiger partial charge is 0.255 e. The fourth-order valence-electron chi connectivity index (χ4n) is 3.85. The number of amides is 3. The van der Waals surface area contributed by atoms with E-state index in [4.69, 9.17) is 23.2 Å². The van der Waals surface area contributed by atoms with Gasteiger partial charge in [0.15, 0.2) is 0 Å². The minimum absolute atomic E-state index is 0.171. The lowest BCUT2D eigenvalue weighted by Crippen LogP contribution is -2.30. The van der Waals surface area contributed by atoms with E-state index in [-0.39, 0.29) is 34.6 Å². The first-order chi connectivity index (χ1) is 13.9. The molecule has 148 valence electrons. The van der Waals surface area contributed by atoms with Crippen molar-refractivity contribution in [1.82, 2.24) is 0 Å². The number of carbonyl (C=O) groups is 3. The van der Waals surface area contributed by atoms with E-state index in [1.165, 1.54) is 4.90 Å². The summed E-state index contributed by atoms with van der Waals surface area (Å²) in [4.78, 5) is 39.3. The van der Waals surface area contributed by atoms with Gasteiger partial charge in [0.05, 0.1) is 33.3 Å². The van der Waals surface area contributed by atoms with Crippen LogP contribution in [0.3, 0.4) is 0 Å². The number of hydrogen-bond acceptors (Lipinski definition) is 3. The second-order valence-electron chi connectivity index (χ2n) is 7.32. The number of nitrogens with zero attached hydrogens (tertiary/aromatic N) is 1. The number of rotatable bonds is 3. The first kappa shape index (κ1) is 19.7. The summed E-state index contributed by atoms with van der Waals surface area (Å²) < 4.78 is 0. The summed E-state index contributed by atoms with van der Waals surface area (Å²) >= 11 is 12.1. The molecule has 1 aliphatic carbocycles. The number of hydrogen-bond donors (Lipinski definition) is 1. The fourth-order valence-corrected chi connectivity index (χ4v) is 4.20.